The Morgan fingerprint density at radius 3 is 2.58 bits per heavy atom. The molecule has 2 heterocycles. The van der Waals surface area contributed by atoms with Crippen LogP contribution >= 0.6 is 15.9 Å². The minimum Gasteiger partial charge on any atom is -0.369 e. The highest BCUT2D eigenvalue weighted by Gasteiger charge is 2.20. The van der Waals surface area contributed by atoms with Crippen molar-refractivity contribution in [2.45, 2.75) is 40.0 Å². The predicted molar refractivity (Wildman–Crippen MR) is 135 cm³/mol. The van der Waals surface area contributed by atoms with Crippen LogP contribution in [0.5, 0.6) is 0 Å². The molecule has 1 aromatic heterocycles. The minimum atomic E-state index is -0.391. The Kier molecular flexibility index (Phi) is 8.49. The normalized spacial score (nSPS) is 13.5. The molecule has 0 bridgehead atoms. The van der Waals surface area contributed by atoms with E-state index in [9.17, 15) is 9.59 Å². The first-order chi connectivity index (χ1) is 15.7. The molecule has 2 aromatic rings. The first-order valence-electron chi connectivity index (χ1n) is 11.2. The molecular weight excluding hydrogens is 486 g/mol. The number of rotatable bonds is 8. The number of carbonyl (C=O) groups is 2. The average Bonchev–Trinajstić information content (AvgIpc) is 3.30. The summed E-state index contributed by atoms with van der Waals surface area (Å²) in [5.74, 6) is 1.13. The number of benzene rings is 1. The van der Waals surface area contributed by atoms with Crippen molar-refractivity contribution >= 4 is 51.0 Å². The molecule has 10 heteroatoms. The smallest absolute Gasteiger partial charge is 0.321 e. The van der Waals surface area contributed by atoms with Gasteiger partial charge in [0.25, 0.3) is 0 Å². The van der Waals surface area contributed by atoms with Crippen molar-refractivity contribution in [3.8, 4) is 0 Å². The number of nitrogens with one attached hydrogen (secondary N) is 4. The molecule has 0 atom stereocenters. The third-order valence-electron chi connectivity index (χ3n) is 5.12. The van der Waals surface area contributed by atoms with Gasteiger partial charge in [0, 0.05) is 49.2 Å². The lowest BCUT2D eigenvalue weighted by Gasteiger charge is -2.17. The summed E-state index contributed by atoms with van der Waals surface area (Å²) < 4.78 is 0.749. The lowest BCUT2D eigenvalue weighted by Crippen LogP contribution is -2.35. The molecule has 3 amide bonds. The Morgan fingerprint density at radius 2 is 1.85 bits per heavy atom. The molecule has 1 saturated heterocycles. The van der Waals surface area contributed by atoms with E-state index in [4.69, 9.17) is 0 Å². The summed E-state index contributed by atoms with van der Waals surface area (Å²) in [6.07, 6.45) is 4.55. The molecule has 1 aliphatic rings. The van der Waals surface area contributed by atoms with E-state index in [1.165, 1.54) is 0 Å². The first-order valence-corrected chi connectivity index (χ1v) is 12.0. The van der Waals surface area contributed by atoms with E-state index in [1.807, 2.05) is 49.9 Å². The van der Waals surface area contributed by atoms with Gasteiger partial charge < -0.3 is 26.2 Å². The van der Waals surface area contributed by atoms with Crippen LogP contribution in [0.2, 0.25) is 0 Å². The van der Waals surface area contributed by atoms with E-state index >= 15 is 0 Å². The molecule has 0 spiro atoms. The maximum absolute atomic E-state index is 12.3. The van der Waals surface area contributed by atoms with Gasteiger partial charge in [-0.05, 0) is 53.4 Å². The van der Waals surface area contributed by atoms with Crippen LogP contribution in [0.25, 0.3) is 0 Å². The fraction of sp³-hybridized carbons (Fsp3) is 0.478. The number of nitrogens with zero attached hydrogens (tertiary/aromatic N) is 3. The zero-order valence-corrected chi connectivity index (χ0v) is 21.0. The second-order valence-electron chi connectivity index (χ2n) is 9.01. The Morgan fingerprint density at radius 1 is 1.12 bits per heavy atom. The van der Waals surface area contributed by atoms with Crippen LogP contribution < -0.4 is 21.3 Å². The van der Waals surface area contributed by atoms with E-state index in [1.54, 1.807) is 6.20 Å². The predicted octanol–water partition coefficient (Wildman–Crippen LogP) is 4.57. The van der Waals surface area contributed by atoms with Crippen LogP contribution in [-0.4, -0.2) is 53.0 Å². The highest BCUT2D eigenvalue weighted by atomic mass is 79.9. The summed E-state index contributed by atoms with van der Waals surface area (Å²) >= 11 is 3.47. The molecule has 33 heavy (non-hydrogen) atoms. The second kappa shape index (κ2) is 11.3. The largest absolute Gasteiger partial charge is 0.369 e. The fourth-order valence-electron chi connectivity index (χ4n) is 3.24. The number of anilines is 4. The van der Waals surface area contributed by atoms with Gasteiger partial charge in [0.1, 0.15) is 5.82 Å². The number of carbonyl (C=O) groups excluding carboxylic acids is 2. The van der Waals surface area contributed by atoms with Gasteiger partial charge in [-0.2, -0.15) is 4.98 Å². The number of urea groups is 1. The zero-order chi connectivity index (χ0) is 23.8. The highest BCUT2D eigenvalue weighted by molar-refractivity contribution is 9.10. The molecule has 1 aliphatic heterocycles. The van der Waals surface area contributed by atoms with Gasteiger partial charge in [-0.1, -0.05) is 26.8 Å². The Hall–Kier alpha value is -2.88. The summed E-state index contributed by atoms with van der Waals surface area (Å²) in [5.41, 5.74) is 1.09. The number of halogens is 1. The molecule has 4 N–H and O–H groups in total. The molecule has 0 radical (unpaired) electrons. The maximum Gasteiger partial charge on any atom is 0.321 e. The standard InChI is InChI=1S/C23H32BrN7O2/c1-23(2,3)20(32)26-11-7-10-25-19-18(24)15-27-21(30-19)28-16-8-6-9-17(14-16)29-22(33)31-12-4-5-13-31/h6,8-9,14-15H,4-5,7,10-13H2,1-3H3,(H,26,32)(H,29,33)(H2,25,27,28,30). The quantitative estimate of drug-likeness (QED) is 0.381. The molecule has 0 saturated carbocycles. The van der Waals surface area contributed by atoms with Crippen LogP contribution in [0, 0.1) is 5.41 Å². The molecule has 1 aromatic carbocycles. The van der Waals surface area contributed by atoms with Crippen molar-refractivity contribution < 1.29 is 9.59 Å². The minimum absolute atomic E-state index is 0.0380. The lowest BCUT2D eigenvalue weighted by molar-refractivity contribution is -0.128. The zero-order valence-electron chi connectivity index (χ0n) is 19.4. The number of amides is 3. The molecule has 0 unspecified atom stereocenters. The van der Waals surface area contributed by atoms with E-state index < -0.39 is 5.41 Å². The fourth-order valence-corrected chi connectivity index (χ4v) is 3.57. The van der Waals surface area contributed by atoms with Crippen LogP contribution in [0.4, 0.5) is 27.9 Å². The molecule has 3 rings (SSSR count). The highest BCUT2D eigenvalue weighted by Crippen LogP contribution is 2.23. The Bertz CT molecular complexity index is 972. The van der Waals surface area contributed by atoms with Crippen molar-refractivity contribution in [3.05, 3.63) is 34.9 Å². The van der Waals surface area contributed by atoms with Gasteiger partial charge in [-0.3, -0.25) is 4.79 Å². The van der Waals surface area contributed by atoms with Crippen LogP contribution in [0.1, 0.15) is 40.0 Å². The van der Waals surface area contributed by atoms with E-state index in [0.29, 0.717) is 30.5 Å². The van der Waals surface area contributed by atoms with Crippen molar-refractivity contribution in [2.24, 2.45) is 5.41 Å². The van der Waals surface area contributed by atoms with Gasteiger partial charge in [-0.15, -0.1) is 0 Å². The first kappa shape index (κ1) is 24.8. The van der Waals surface area contributed by atoms with Crippen molar-refractivity contribution in [2.75, 3.05) is 42.1 Å². The van der Waals surface area contributed by atoms with Gasteiger partial charge in [0.15, 0.2) is 0 Å². The summed E-state index contributed by atoms with van der Waals surface area (Å²) in [6, 6.07) is 7.39. The van der Waals surface area contributed by atoms with Gasteiger partial charge in [0.05, 0.1) is 4.47 Å². The van der Waals surface area contributed by atoms with Crippen molar-refractivity contribution in [1.29, 1.82) is 0 Å². The van der Waals surface area contributed by atoms with E-state index in [-0.39, 0.29) is 11.9 Å². The van der Waals surface area contributed by atoms with Crippen LogP contribution in [0.15, 0.2) is 34.9 Å². The average molecular weight is 518 g/mol. The topological polar surface area (TPSA) is 111 Å². The second-order valence-corrected chi connectivity index (χ2v) is 9.86. The monoisotopic (exact) mass is 517 g/mol. The molecular formula is C23H32BrN7O2. The molecule has 1 fully saturated rings. The van der Waals surface area contributed by atoms with Crippen molar-refractivity contribution in [1.82, 2.24) is 20.2 Å². The van der Waals surface area contributed by atoms with Crippen molar-refractivity contribution in [3.63, 3.8) is 0 Å². The summed E-state index contributed by atoms with van der Waals surface area (Å²) in [4.78, 5) is 34.9. The SMILES string of the molecule is CC(C)(C)C(=O)NCCCNc1nc(Nc2cccc(NC(=O)N3CCCC3)c2)ncc1Br. The number of aromatic nitrogens is 2. The van der Waals surface area contributed by atoms with Gasteiger partial charge in [-0.25, -0.2) is 9.78 Å². The molecule has 0 aliphatic carbocycles. The van der Waals surface area contributed by atoms with Crippen LogP contribution in [-0.2, 0) is 4.79 Å². The summed E-state index contributed by atoms with van der Waals surface area (Å²) in [6.45, 7) is 8.52. The molecule has 178 valence electrons. The Labute approximate surface area is 203 Å². The molecule has 9 nitrogen and oxygen atoms in total. The lowest BCUT2D eigenvalue weighted by atomic mass is 9.96. The van der Waals surface area contributed by atoms with Crippen LogP contribution in [0.3, 0.4) is 0 Å². The number of likely N-dealkylation sites (tertiary alicyclic amines) is 1. The third kappa shape index (κ3) is 7.59. The summed E-state index contributed by atoms with van der Waals surface area (Å²) in [7, 11) is 0. The number of hydrogen-bond donors (Lipinski definition) is 4. The summed E-state index contributed by atoms with van der Waals surface area (Å²) in [5, 5.41) is 12.3. The number of hydrogen-bond acceptors (Lipinski definition) is 6. The Balaban J connectivity index is 1.53. The van der Waals surface area contributed by atoms with E-state index in [0.717, 1.165) is 42.5 Å². The third-order valence-corrected chi connectivity index (χ3v) is 5.70. The van der Waals surface area contributed by atoms with Gasteiger partial charge >= 0.3 is 6.03 Å². The van der Waals surface area contributed by atoms with E-state index in [2.05, 4.69) is 47.2 Å². The van der Waals surface area contributed by atoms with Gasteiger partial charge in [0.2, 0.25) is 11.9 Å². The maximum atomic E-state index is 12.3.